The molecule has 0 aliphatic rings. The third-order valence-corrected chi connectivity index (χ3v) is 1.69. The highest BCUT2D eigenvalue weighted by Gasteiger charge is 2.02. The van der Waals surface area contributed by atoms with Gasteiger partial charge in [0.1, 0.15) is 5.75 Å². The Kier molecular flexibility index (Phi) is 3.90. The average Bonchev–Trinajstić information content (AvgIpc) is 1.85. The summed E-state index contributed by atoms with van der Waals surface area (Å²) in [6.07, 6.45) is 0. The number of anilines is 1. The van der Waals surface area contributed by atoms with Crippen LogP contribution in [-0.4, -0.2) is 7.11 Å². The Morgan fingerprint density at radius 3 is 1.92 bits per heavy atom. The standard InChI is InChI=1S/C9H13NO.ClH/c1-6-4-8(10)5-7(2)9(6)11-3;/h4-5H,10H2,1-3H3;1H. The Bertz CT molecular complexity index is 250. The van der Waals surface area contributed by atoms with E-state index in [1.807, 2.05) is 26.0 Å². The zero-order chi connectivity index (χ0) is 8.43. The lowest BCUT2D eigenvalue weighted by Gasteiger charge is -2.08. The largest absolute Gasteiger partial charge is 0.496 e. The van der Waals surface area contributed by atoms with Crippen molar-refractivity contribution in [3.8, 4) is 5.75 Å². The van der Waals surface area contributed by atoms with Crippen LogP contribution in [0, 0.1) is 13.8 Å². The van der Waals surface area contributed by atoms with Crippen molar-refractivity contribution in [2.24, 2.45) is 0 Å². The maximum atomic E-state index is 5.63. The normalized spacial score (nSPS) is 8.92. The second-order valence-corrected chi connectivity index (χ2v) is 2.69. The number of halogens is 1. The molecule has 0 radical (unpaired) electrons. The van der Waals surface area contributed by atoms with Crippen LogP contribution in [0.5, 0.6) is 5.75 Å². The summed E-state index contributed by atoms with van der Waals surface area (Å²) in [5.74, 6) is 0.930. The Labute approximate surface area is 79.1 Å². The quantitative estimate of drug-likeness (QED) is 0.685. The van der Waals surface area contributed by atoms with Crippen molar-refractivity contribution in [2.75, 3.05) is 12.8 Å². The fourth-order valence-corrected chi connectivity index (χ4v) is 1.31. The molecule has 0 unspecified atom stereocenters. The predicted octanol–water partition coefficient (Wildman–Crippen LogP) is 2.32. The molecule has 1 rings (SSSR count). The summed E-state index contributed by atoms with van der Waals surface area (Å²) in [5.41, 5.74) is 8.60. The molecular weight excluding hydrogens is 174 g/mol. The van der Waals surface area contributed by atoms with E-state index >= 15 is 0 Å². The fourth-order valence-electron chi connectivity index (χ4n) is 1.31. The van der Waals surface area contributed by atoms with Gasteiger partial charge in [0.15, 0.2) is 0 Å². The third kappa shape index (κ3) is 2.05. The van der Waals surface area contributed by atoms with Gasteiger partial charge in [-0.25, -0.2) is 0 Å². The second-order valence-electron chi connectivity index (χ2n) is 2.69. The highest BCUT2D eigenvalue weighted by molar-refractivity contribution is 5.85. The van der Waals surface area contributed by atoms with Crippen LogP contribution >= 0.6 is 12.4 Å². The van der Waals surface area contributed by atoms with Crippen molar-refractivity contribution in [3.63, 3.8) is 0 Å². The number of hydrogen-bond acceptors (Lipinski definition) is 2. The lowest BCUT2D eigenvalue weighted by atomic mass is 10.1. The molecule has 0 aromatic heterocycles. The molecule has 0 atom stereocenters. The van der Waals surface area contributed by atoms with Crippen molar-refractivity contribution in [2.45, 2.75) is 13.8 Å². The van der Waals surface area contributed by atoms with E-state index in [2.05, 4.69) is 0 Å². The summed E-state index contributed by atoms with van der Waals surface area (Å²) in [6.45, 7) is 3.98. The molecule has 1 aromatic rings. The summed E-state index contributed by atoms with van der Waals surface area (Å²) in [4.78, 5) is 0. The van der Waals surface area contributed by atoms with E-state index in [-0.39, 0.29) is 12.4 Å². The van der Waals surface area contributed by atoms with Crippen molar-refractivity contribution in [1.29, 1.82) is 0 Å². The minimum atomic E-state index is 0. The summed E-state index contributed by atoms with van der Waals surface area (Å²) >= 11 is 0. The SMILES string of the molecule is COc1c(C)cc(N)cc1C.Cl. The number of benzene rings is 1. The Hall–Kier alpha value is -0.890. The van der Waals surface area contributed by atoms with Crippen molar-refractivity contribution >= 4 is 18.1 Å². The molecular formula is C9H14ClNO. The summed E-state index contributed by atoms with van der Waals surface area (Å²) < 4.78 is 5.18. The van der Waals surface area contributed by atoms with E-state index < -0.39 is 0 Å². The van der Waals surface area contributed by atoms with E-state index in [4.69, 9.17) is 10.5 Å². The number of nitrogens with two attached hydrogens (primary N) is 1. The molecule has 0 saturated heterocycles. The first-order valence-corrected chi connectivity index (χ1v) is 3.56. The molecule has 2 nitrogen and oxygen atoms in total. The van der Waals surface area contributed by atoms with Gasteiger partial charge < -0.3 is 10.5 Å². The fraction of sp³-hybridized carbons (Fsp3) is 0.333. The molecule has 0 bridgehead atoms. The third-order valence-electron chi connectivity index (χ3n) is 1.69. The van der Waals surface area contributed by atoms with E-state index in [0.29, 0.717) is 0 Å². The first-order valence-electron chi connectivity index (χ1n) is 3.56. The first-order chi connectivity index (χ1) is 5.15. The topological polar surface area (TPSA) is 35.2 Å². The van der Waals surface area contributed by atoms with Gasteiger partial charge in [0, 0.05) is 5.69 Å². The zero-order valence-electron chi connectivity index (χ0n) is 7.55. The number of ether oxygens (including phenoxy) is 1. The number of aryl methyl sites for hydroxylation is 2. The minimum Gasteiger partial charge on any atom is -0.496 e. The molecule has 68 valence electrons. The molecule has 0 saturated carbocycles. The van der Waals surface area contributed by atoms with E-state index in [1.54, 1.807) is 7.11 Å². The van der Waals surface area contributed by atoms with Crippen LogP contribution in [0.4, 0.5) is 5.69 Å². The summed E-state index contributed by atoms with van der Waals surface area (Å²) in [6, 6.07) is 3.82. The van der Waals surface area contributed by atoms with Gasteiger partial charge in [-0.3, -0.25) is 0 Å². The van der Waals surface area contributed by atoms with Gasteiger partial charge in [-0.2, -0.15) is 0 Å². The van der Waals surface area contributed by atoms with Gasteiger partial charge >= 0.3 is 0 Å². The Balaban J connectivity index is 0.00000121. The predicted molar refractivity (Wildman–Crippen MR) is 54.1 cm³/mol. The van der Waals surface area contributed by atoms with Crippen LogP contribution in [0.1, 0.15) is 11.1 Å². The van der Waals surface area contributed by atoms with Gasteiger partial charge in [0.2, 0.25) is 0 Å². The van der Waals surface area contributed by atoms with Crippen LogP contribution in [0.3, 0.4) is 0 Å². The number of nitrogen functional groups attached to an aromatic ring is 1. The van der Waals surface area contributed by atoms with Gasteiger partial charge in [-0.15, -0.1) is 12.4 Å². The van der Waals surface area contributed by atoms with E-state index in [9.17, 15) is 0 Å². The zero-order valence-corrected chi connectivity index (χ0v) is 8.37. The van der Waals surface area contributed by atoms with Crippen LogP contribution < -0.4 is 10.5 Å². The van der Waals surface area contributed by atoms with Crippen molar-refractivity contribution < 1.29 is 4.74 Å². The summed E-state index contributed by atoms with van der Waals surface area (Å²) in [5, 5.41) is 0. The highest BCUT2D eigenvalue weighted by atomic mass is 35.5. The molecule has 12 heavy (non-hydrogen) atoms. The molecule has 0 amide bonds. The number of hydrogen-bond donors (Lipinski definition) is 1. The van der Waals surface area contributed by atoms with Gasteiger partial charge in [0.25, 0.3) is 0 Å². The van der Waals surface area contributed by atoms with Crippen LogP contribution in [0.15, 0.2) is 12.1 Å². The monoisotopic (exact) mass is 187 g/mol. The highest BCUT2D eigenvalue weighted by Crippen LogP contribution is 2.24. The number of methoxy groups -OCH3 is 1. The Morgan fingerprint density at radius 2 is 1.58 bits per heavy atom. The molecule has 0 aliphatic heterocycles. The lowest BCUT2D eigenvalue weighted by Crippen LogP contribution is -1.93. The first kappa shape index (κ1) is 11.1. The lowest BCUT2D eigenvalue weighted by molar-refractivity contribution is 0.408. The van der Waals surface area contributed by atoms with Crippen molar-refractivity contribution in [1.82, 2.24) is 0 Å². The second kappa shape index (κ2) is 4.21. The van der Waals surface area contributed by atoms with E-state index in [0.717, 1.165) is 22.6 Å². The molecule has 3 heteroatoms. The number of rotatable bonds is 1. The maximum Gasteiger partial charge on any atom is 0.124 e. The molecule has 0 heterocycles. The van der Waals surface area contributed by atoms with Crippen LogP contribution in [0.25, 0.3) is 0 Å². The molecule has 1 aromatic carbocycles. The van der Waals surface area contributed by atoms with Gasteiger partial charge in [-0.1, -0.05) is 0 Å². The van der Waals surface area contributed by atoms with Gasteiger partial charge in [-0.05, 0) is 37.1 Å². The smallest absolute Gasteiger partial charge is 0.124 e. The molecule has 2 N–H and O–H groups in total. The maximum absolute atomic E-state index is 5.63. The van der Waals surface area contributed by atoms with Crippen LogP contribution in [0.2, 0.25) is 0 Å². The molecule has 0 aliphatic carbocycles. The Morgan fingerprint density at radius 1 is 1.17 bits per heavy atom. The van der Waals surface area contributed by atoms with Crippen molar-refractivity contribution in [3.05, 3.63) is 23.3 Å². The average molecular weight is 188 g/mol. The van der Waals surface area contributed by atoms with E-state index in [1.165, 1.54) is 0 Å². The van der Waals surface area contributed by atoms with Crippen LogP contribution in [-0.2, 0) is 0 Å². The summed E-state index contributed by atoms with van der Waals surface area (Å²) in [7, 11) is 1.67. The molecule has 0 spiro atoms. The minimum absolute atomic E-state index is 0. The van der Waals surface area contributed by atoms with Gasteiger partial charge in [0.05, 0.1) is 7.11 Å². The molecule has 0 fully saturated rings.